The van der Waals surface area contributed by atoms with Crippen LogP contribution in [0.2, 0.25) is 0 Å². The number of aliphatic hydroxyl groups is 1. The van der Waals surface area contributed by atoms with Crippen molar-refractivity contribution in [1.29, 1.82) is 0 Å². The van der Waals surface area contributed by atoms with Crippen LogP contribution in [0.1, 0.15) is 15.9 Å². The summed E-state index contributed by atoms with van der Waals surface area (Å²) < 4.78 is 10.6. The first-order valence-corrected chi connectivity index (χ1v) is 8.21. The largest absolute Gasteiger partial charge is 0.491 e. The van der Waals surface area contributed by atoms with E-state index in [9.17, 15) is 14.7 Å². The predicted octanol–water partition coefficient (Wildman–Crippen LogP) is 2.27. The van der Waals surface area contributed by atoms with E-state index in [0.717, 1.165) is 5.56 Å². The van der Waals surface area contributed by atoms with Crippen molar-refractivity contribution in [1.82, 2.24) is 5.32 Å². The molecule has 26 heavy (non-hydrogen) atoms. The highest BCUT2D eigenvalue weighted by atomic mass is 16.5. The summed E-state index contributed by atoms with van der Waals surface area (Å²) >= 11 is 0. The SMILES string of the molecule is Cc1cccc(OCC(O)CNC(=O)c2cc3ccccc3oc2=O)c1. The molecule has 0 fully saturated rings. The van der Waals surface area contributed by atoms with Crippen molar-refractivity contribution in [3.63, 3.8) is 0 Å². The molecular formula is C20H19NO5. The van der Waals surface area contributed by atoms with Crippen molar-refractivity contribution in [3.05, 3.63) is 76.1 Å². The van der Waals surface area contributed by atoms with E-state index in [0.29, 0.717) is 16.7 Å². The predicted molar refractivity (Wildman–Crippen MR) is 97.5 cm³/mol. The van der Waals surface area contributed by atoms with Gasteiger partial charge in [-0.2, -0.15) is 0 Å². The third-order valence-corrected chi connectivity index (χ3v) is 3.82. The summed E-state index contributed by atoms with van der Waals surface area (Å²) in [5.41, 5.74) is 0.649. The molecule has 0 radical (unpaired) electrons. The molecule has 3 rings (SSSR count). The summed E-state index contributed by atoms with van der Waals surface area (Å²) in [6, 6.07) is 15.9. The molecule has 2 N–H and O–H groups in total. The van der Waals surface area contributed by atoms with Crippen LogP contribution in [0.3, 0.4) is 0 Å². The van der Waals surface area contributed by atoms with E-state index in [2.05, 4.69) is 5.32 Å². The van der Waals surface area contributed by atoms with Gasteiger partial charge in [-0.1, -0.05) is 30.3 Å². The summed E-state index contributed by atoms with van der Waals surface area (Å²) in [7, 11) is 0. The Kier molecular flexibility index (Phi) is 5.34. The first-order valence-electron chi connectivity index (χ1n) is 8.21. The molecule has 0 bridgehead atoms. The molecule has 2 aromatic carbocycles. The van der Waals surface area contributed by atoms with Crippen LogP contribution in [0.25, 0.3) is 11.0 Å². The number of aryl methyl sites for hydroxylation is 1. The Morgan fingerprint density at radius 2 is 2.00 bits per heavy atom. The number of hydrogen-bond acceptors (Lipinski definition) is 5. The van der Waals surface area contributed by atoms with Crippen molar-refractivity contribution in [3.8, 4) is 5.75 Å². The molecular weight excluding hydrogens is 334 g/mol. The highest BCUT2D eigenvalue weighted by molar-refractivity contribution is 5.96. The minimum atomic E-state index is -0.910. The van der Waals surface area contributed by atoms with E-state index >= 15 is 0 Å². The van der Waals surface area contributed by atoms with Crippen LogP contribution in [0.15, 0.2) is 63.8 Å². The summed E-state index contributed by atoms with van der Waals surface area (Å²) in [5, 5.41) is 13.2. The Labute approximate surface area is 150 Å². The number of benzene rings is 2. The minimum absolute atomic E-state index is 0.0239. The fourth-order valence-corrected chi connectivity index (χ4v) is 2.48. The number of amides is 1. The summed E-state index contributed by atoms with van der Waals surface area (Å²) in [4.78, 5) is 24.2. The zero-order valence-electron chi connectivity index (χ0n) is 14.3. The van der Waals surface area contributed by atoms with Crippen LogP contribution in [0.5, 0.6) is 5.75 Å². The Balaban J connectivity index is 1.58. The lowest BCUT2D eigenvalue weighted by Crippen LogP contribution is -2.37. The second kappa shape index (κ2) is 7.84. The Hall–Kier alpha value is -3.12. The molecule has 1 atom stereocenters. The van der Waals surface area contributed by atoms with Crippen molar-refractivity contribution in [2.45, 2.75) is 13.0 Å². The molecule has 134 valence electrons. The van der Waals surface area contributed by atoms with Crippen LogP contribution in [0.4, 0.5) is 0 Å². The number of fused-ring (bicyclic) bond motifs is 1. The Bertz CT molecular complexity index is 979. The third-order valence-electron chi connectivity index (χ3n) is 3.82. The standard InChI is InChI=1S/C20H19NO5/c1-13-5-4-7-16(9-13)25-12-15(22)11-21-19(23)17-10-14-6-2-3-8-18(14)26-20(17)24/h2-10,15,22H,11-12H2,1H3,(H,21,23). The van der Waals surface area contributed by atoms with E-state index in [4.69, 9.17) is 9.15 Å². The van der Waals surface area contributed by atoms with Crippen molar-refractivity contribution in [2.24, 2.45) is 0 Å². The van der Waals surface area contributed by atoms with Gasteiger partial charge in [0.1, 0.15) is 29.6 Å². The number of carbonyl (C=O) groups excluding carboxylic acids is 1. The topological polar surface area (TPSA) is 88.8 Å². The number of rotatable bonds is 6. The molecule has 6 nitrogen and oxygen atoms in total. The van der Waals surface area contributed by atoms with Crippen molar-refractivity contribution < 1.29 is 19.1 Å². The Morgan fingerprint density at radius 1 is 1.19 bits per heavy atom. The maximum atomic E-state index is 12.2. The average molecular weight is 353 g/mol. The highest BCUT2D eigenvalue weighted by Gasteiger charge is 2.15. The zero-order chi connectivity index (χ0) is 18.5. The van der Waals surface area contributed by atoms with Gasteiger partial charge in [-0.05, 0) is 36.8 Å². The highest BCUT2D eigenvalue weighted by Crippen LogP contribution is 2.13. The molecule has 1 unspecified atom stereocenters. The summed E-state index contributed by atoms with van der Waals surface area (Å²) in [6.07, 6.45) is -0.910. The van der Waals surface area contributed by atoms with Gasteiger partial charge in [-0.15, -0.1) is 0 Å². The molecule has 0 saturated carbocycles. The molecule has 0 aliphatic rings. The van der Waals surface area contributed by atoms with Gasteiger partial charge in [-0.3, -0.25) is 4.79 Å². The number of carbonyl (C=O) groups is 1. The fraction of sp³-hybridized carbons (Fsp3) is 0.200. The van der Waals surface area contributed by atoms with E-state index in [-0.39, 0.29) is 18.7 Å². The molecule has 1 heterocycles. The normalized spacial score (nSPS) is 11.9. The molecule has 6 heteroatoms. The number of ether oxygens (including phenoxy) is 1. The second-order valence-corrected chi connectivity index (χ2v) is 5.98. The van der Waals surface area contributed by atoms with Gasteiger partial charge >= 0.3 is 5.63 Å². The minimum Gasteiger partial charge on any atom is -0.491 e. The lowest BCUT2D eigenvalue weighted by molar-refractivity contribution is 0.0841. The smallest absolute Gasteiger partial charge is 0.349 e. The summed E-state index contributed by atoms with van der Waals surface area (Å²) in [6.45, 7) is 1.92. The van der Waals surface area contributed by atoms with Crippen molar-refractivity contribution in [2.75, 3.05) is 13.2 Å². The van der Waals surface area contributed by atoms with Crippen molar-refractivity contribution >= 4 is 16.9 Å². The molecule has 3 aromatic rings. The van der Waals surface area contributed by atoms with E-state index in [1.165, 1.54) is 6.07 Å². The molecule has 1 aromatic heterocycles. The average Bonchev–Trinajstić information content (AvgIpc) is 2.64. The van der Waals surface area contributed by atoms with E-state index in [1.54, 1.807) is 30.3 Å². The van der Waals surface area contributed by atoms with E-state index in [1.807, 2.05) is 25.1 Å². The van der Waals surface area contributed by atoms with Crippen LogP contribution in [-0.4, -0.2) is 30.3 Å². The molecule has 0 saturated heterocycles. The van der Waals surface area contributed by atoms with E-state index < -0.39 is 17.6 Å². The third kappa shape index (κ3) is 4.29. The molecule has 0 aliphatic heterocycles. The lowest BCUT2D eigenvalue weighted by atomic mass is 10.2. The Morgan fingerprint density at radius 3 is 2.81 bits per heavy atom. The first-order chi connectivity index (χ1) is 12.5. The maximum Gasteiger partial charge on any atom is 0.349 e. The number of para-hydroxylation sites is 1. The van der Waals surface area contributed by atoms with Gasteiger partial charge in [0.2, 0.25) is 0 Å². The van der Waals surface area contributed by atoms with Crippen LogP contribution in [-0.2, 0) is 0 Å². The van der Waals surface area contributed by atoms with Gasteiger partial charge < -0.3 is 19.6 Å². The van der Waals surface area contributed by atoms with Gasteiger partial charge in [0.05, 0.1) is 0 Å². The first kappa shape index (κ1) is 17.7. The van der Waals surface area contributed by atoms with Gasteiger partial charge in [0, 0.05) is 11.9 Å². The molecule has 0 aliphatic carbocycles. The zero-order valence-corrected chi connectivity index (χ0v) is 14.3. The van der Waals surface area contributed by atoms with Crippen LogP contribution in [0, 0.1) is 6.92 Å². The van der Waals surface area contributed by atoms with Gasteiger partial charge in [0.15, 0.2) is 0 Å². The summed E-state index contributed by atoms with van der Waals surface area (Å²) in [5.74, 6) is 0.0460. The number of aliphatic hydroxyl groups excluding tert-OH is 1. The number of hydrogen-bond donors (Lipinski definition) is 2. The van der Waals surface area contributed by atoms with Gasteiger partial charge in [0.25, 0.3) is 5.91 Å². The maximum absolute atomic E-state index is 12.2. The van der Waals surface area contributed by atoms with Crippen LogP contribution >= 0.6 is 0 Å². The fourth-order valence-electron chi connectivity index (χ4n) is 2.48. The second-order valence-electron chi connectivity index (χ2n) is 5.98. The molecule has 1 amide bonds. The van der Waals surface area contributed by atoms with Crippen LogP contribution < -0.4 is 15.7 Å². The monoisotopic (exact) mass is 353 g/mol. The lowest BCUT2D eigenvalue weighted by Gasteiger charge is -2.13. The molecule has 0 spiro atoms. The number of nitrogens with one attached hydrogen (secondary N) is 1. The van der Waals surface area contributed by atoms with Gasteiger partial charge in [-0.25, -0.2) is 4.79 Å². The quantitative estimate of drug-likeness (QED) is 0.664.